The number of benzene rings is 1. The minimum Gasteiger partial charge on any atom is -0.400 e. The van der Waals surface area contributed by atoms with Crippen molar-refractivity contribution in [2.75, 3.05) is 18.2 Å². The van der Waals surface area contributed by atoms with Crippen LogP contribution in [0.3, 0.4) is 0 Å². The highest BCUT2D eigenvalue weighted by atomic mass is 35.5. The molecule has 11 heteroatoms. The van der Waals surface area contributed by atoms with E-state index in [4.69, 9.17) is 21.3 Å². The number of nitrogens with one attached hydrogen (secondary N) is 1. The number of anilines is 1. The minimum absolute atomic E-state index is 0.00362. The van der Waals surface area contributed by atoms with E-state index in [0.717, 1.165) is 38.4 Å². The Hall–Kier alpha value is -2.79. The number of carbonyl (C=O) groups excluding carboxylic acids is 2. The Morgan fingerprint density at radius 1 is 1.26 bits per heavy atom. The largest absolute Gasteiger partial charge is 0.400 e. The van der Waals surface area contributed by atoms with Gasteiger partial charge in [0.2, 0.25) is 5.78 Å². The zero-order valence-electron chi connectivity index (χ0n) is 18.6. The number of rotatable bonds is 9. The summed E-state index contributed by atoms with van der Waals surface area (Å²) in [6.45, 7) is -0.00362. The van der Waals surface area contributed by atoms with Crippen LogP contribution in [-0.4, -0.2) is 59.9 Å². The number of aliphatic hydroxyl groups excluding tert-OH is 1. The third-order valence-electron chi connectivity index (χ3n) is 5.47. The van der Waals surface area contributed by atoms with E-state index in [1.807, 2.05) is 0 Å². The molecule has 0 spiro atoms. The summed E-state index contributed by atoms with van der Waals surface area (Å²) in [5.41, 5.74) is 1.03. The highest BCUT2D eigenvalue weighted by Gasteiger charge is 2.27. The van der Waals surface area contributed by atoms with E-state index in [1.54, 1.807) is 36.5 Å². The molecule has 3 aromatic rings. The van der Waals surface area contributed by atoms with Crippen LogP contribution in [0, 0.1) is 5.92 Å². The van der Waals surface area contributed by atoms with Crippen molar-refractivity contribution in [3.8, 4) is 0 Å². The maximum absolute atomic E-state index is 13.1. The van der Waals surface area contributed by atoms with E-state index >= 15 is 0 Å². The van der Waals surface area contributed by atoms with Gasteiger partial charge in [-0.2, -0.15) is 5.10 Å². The van der Waals surface area contributed by atoms with Crippen LogP contribution in [0.25, 0.3) is 0 Å². The second-order valence-electron chi connectivity index (χ2n) is 7.76. The summed E-state index contributed by atoms with van der Waals surface area (Å²) in [4.78, 5) is 33.8. The van der Waals surface area contributed by atoms with E-state index in [9.17, 15) is 9.59 Å². The Balaban J connectivity index is 0.00000158. The van der Waals surface area contributed by atoms with Crippen molar-refractivity contribution in [2.45, 2.75) is 31.8 Å². The van der Waals surface area contributed by atoms with Gasteiger partial charge in [0.15, 0.2) is 5.78 Å². The van der Waals surface area contributed by atoms with Crippen molar-refractivity contribution in [1.82, 2.24) is 19.7 Å². The van der Waals surface area contributed by atoms with Gasteiger partial charge in [-0.25, -0.2) is 9.97 Å². The van der Waals surface area contributed by atoms with Crippen LogP contribution in [-0.2, 0) is 6.54 Å². The van der Waals surface area contributed by atoms with E-state index in [1.165, 1.54) is 17.2 Å². The number of carbonyl (C=O) groups is 2. The molecular weight excluding hydrogens is 478 g/mol. The number of ketones is 2. The van der Waals surface area contributed by atoms with Crippen molar-refractivity contribution in [2.24, 2.45) is 5.92 Å². The van der Waals surface area contributed by atoms with Crippen LogP contribution >= 0.6 is 23.6 Å². The molecule has 1 aromatic carbocycles. The van der Waals surface area contributed by atoms with Crippen molar-refractivity contribution in [3.63, 3.8) is 0 Å². The van der Waals surface area contributed by atoms with E-state index in [2.05, 4.69) is 20.4 Å². The Morgan fingerprint density at radius 2 is 2.09 bits per heavy atom. The predicted octanol–water partition coefficient (Wildman–Crippen LogP) is 3.84. The molecule has 1 aliphatic carbocycles. The summed E-state index contributed by atoms with van der Waals surface area (Å²) in [6.07, 6.45) is 7.35. The zero-order chi connectivity index (χ0) is 24.5. The molecule has 0 saturated heterocycles. The number of hydrogen-bond donors (Lipinski definition) is 3. The third kappa shape index (κ3) is 6.63. The SMILES string of the molecule is CO.O=C(Cn1ccc(C(=O)c2cncnc2NC2CCC(CSO)C2)n1)c1cccc(Cl)c1. The lowest BCUT2D eigenvalue weighted by Gasteiger charge is -2.15. The van der Waals surface area contributed by atoms with Crippen molar-refractivity contribution >= 4 is 41.0 Å². The molecule has 1 aliphatic rings. The van der Waals surface area contributed by atoms with Crippen molar-refractivity contribution < 1.29 is 19.2 Å². The number of aliphatic hydroxyl groups is 1. The quantitative estimate of drug-likeness (QED) is 0.294. The van der Waals surface area contributed by atoms with Gasteiger partial charge in [0.05, 0.1) is 5.56 Å². The van der Waals surface area contributed by atoms with E-state index in [0.29, 0.717) is 33.6 Å². The molecule has 180 valence electrons. The van der Waals surface area contributed by atoms with Gasteiger partial charge < -0.3 is 15.0 Å². The summed E-state index contributed by atoms with van der Waals surface area (Å²) in [7, 11) is 1.00. The van der Waals surface area contributed by atoms with Crippen LogP contribution in [0.1, 0.15) is 45.7 Å². The first-order valence-electron chi connectivity index (χ1n) is 10.7. The molecule has 0 aliphatic heterocycles. The molecule has 1 fully saturated rings. The fraction of sp³-hybridized carbons (Fsp3) is 0.348. The first-order chi connectivity index (χ1) is 16.5. The molecule has 4 rings (SSSR count). The number of Topliss-reactive ketones (excluding diaryl/α,β-unsaturated/α-hetero) is 1. The Labute approximate surface area is 206 Å². The molecule has 2 unspecified atom stereocenters. The van der Waals surface area contributed by atoms with Gasteiger partial charge in [0, 0.05) is 41.9 Å². The second kappa shape index (κ2) is 12.6. The fourth-order valence-corrected chi connectivity index (χ4v) is 4.58. The predicted molar refractivity (Wildman–Crippen MR) is 131 cm³/mol. The van der Waals surface area contributed by atoms with E-state index < -0.39 is 0 Å². The Bertz CT molecular complexity index is 1130. The summed E-state index contributed by atoms with van der Waals surface area (Å²) in [5, 5.41) is 15.1. The van der Waals surface area contributed by atoms with Gasteiger partial charge >= 0.3 is 0 Å². The molecule has 2 aromatic heterocycles. The van der Waals surface area contributed by atoms with Crippen LogP contribution in [0.4, 0.5) is 5.82 Å². The zero-order valence-corrected chi connectivity index (χ0v) is 20.2. The van der Waals surface area contributed by atoms with Gasteiger partial charge in [-0.1, -0.05) is 23.7 Å². The summed E-state index contributed by atoms with van der Waals surface area (Å²) >= 11 is 6.82. The lowest BCUT2D eigenvalue weighted by molar-refractivity contribution is 0.0963. The smallest absolute Gasteiger partial charge is 0.218 e. The normalized spacial score (nSPS) is 17.1. The molecule has 0 amide bonds. The number of hydrogen-bond acceptors (Lipinski definition) is 9. The molecule has 9 nitrogen and oxygen atoms in total. The summed E-state index contributed by atoms with van der Waals surface area (Å²) in [6, 6.07) is 8.47. The maximum Gasteiger partial charge on any atom is 0.218 e. The first-order valence-corrected chi connectivity index (χ1v) is 12.0. The molecule has 34 heavy (non-hydrogen) atoms. The lowest BCUT2D eigenvalue weighted by Crippen LogP contribution is -2.20. The molecule has 0 radical (unpaired) electrons. The minimum atomic E-state index is -0.317. The summed E-state index contributed by atoms with van der Waals surface area (Å²) < 4.78 is 10.5. The van der Waals surface area contributed by atoms with E-state index in [-0.39, 0.29) is 29.8 Å². The van der Waals surface area contributed by atoms with Gasteiger partial charge in [-0.15, -0.1) is 0 Å². The van der Waals surface area contributed by atoms with Crippen LogP contribution in [0.15, 0.2) is 49.1 Å². The summed E-state index contributed by atoms with van der Waals surface area (Å²) in [5.74, 6) is 1.14. The topological polar surface area (TPSA) is 130 Å². The second-order valence-corrected chi connectivity index (χ2v) is 8.79. The average Bonchev–Trinajstić information content (AvgIpc) is 3.50. The molecule has 1 saturated carbocycles. The first kappa shape index (κ1) is 25.8. The molecular formula is C23H26ClN5O4S. The van der Waals surface area contributed by atoms with Gasteiger partial charge in [-0.3, -0.25) is 14.3 Å². The van der Waals surface area contributed by atoms with Crippen LogP contribution < -0.4 is 5.32 Å². The third-order valence-corrected chi connectivity index (χ3v) is 6.33. The fourth-order valence-electron chi connectivity index (χ4n) is 3.88. The Kier molecular flexibility index (Phi) is 9.58. The number of nitrogens with zero attached hydrogens (tertiary/aromatic N) is 4. The average molecular weight is 504 g/mol. The van der Waals surface area contributed by atoms with Crippen LogP contribution in [0.2, 0.25) is 5.02 Å². The monoisotopic (exact) mass is 503 g/mol. The van der Waals surface area contributed by atoms with Crippen molar-refractivity contribution in [1.29, 1.82) is 0 Å². The standard InChI is InChI=1S/C22H22ClN5O3S.CH4O/c23-16-3-1-2-15(9-16)20(29)11-28-7-6-19(27-28)21(30)18-10-24-13-25-22(18)26-17-5-4-14(8-17)12-32-31;1-2/h1-3,6-7,9-10,13-14,17,31H,4-5,8,11-12H2,(H,24,25,26);2H,1H3. The van der Waals surface area contributed by atoms with Gasteiger partial charge in [0.1, 0.15) is 24.4 Å². The highest BCUT2D eigenvalue weighted by molar-refractivity contribution is 7.93. The highest BCUT2D eigenvalue weighted by Crippen LogP contribution is 2.30. The van der Waals surface area contributed by atoms with Crippen LogP contribution in [0.5, 0.6) is 0 Å². The van der Waals surface area contributed by atoms with Gasteiger partial charge in [-0.05, 0) is 55.4 Å². The Morgan fingerprint density at radius 3 is 2.85 bits per heavy atom. The van der Waals surface area contributed by atoms with Gasteiger partial charge in [0.25, 0.3) is 0 Å². The molecule has 2 atom stereocenters. The van der Waals surface area contributed by atoms with Crippen molar-refractivity contribution in [3.05, 3.63) is 70.9 Å². The molecule has 2 heterocycles. The number of aromatic nitrogens is 4. The number of halogens is 1. The maximum atomic E-state index is 13.1. The molecule has 0 bridgehead atoms. The molecule has 3 N–H and O–H groups in total. The lowest BCUT2D eigenvalue weighted by atomic mass is 10.1.